The summed E-state index contributed by atoms with van der Waals surface area (Å²) in [7, 11) is 0. The highest BCUT2D eigenvalue weighted by molar-refractivity contribution is 7.99. The SMILES string of the molecule is Cc1ccc(NC(=O)CSc2nc3ccsc3c(=O)n2-c2ccc(C)c(C)c2)cc1. The zero-order valence-electron chi connectivity index (χ0n) is 16.9. The molecule has 0 bridgehead atoms. The second-order valence-corrected chi connectivity index (χ2v) is 9.00. The van der Waals surface area contributed by atoms with Crippen molar-refractivity contribution in [3.8, 4) is 5.69 Å². The van der Waals surface area contributed by atoms with Gasteiger partial charge in [-0.25, -0.2) is 4.98 Å². The maximum absolute atomic E-state index is 13.2. The van der Waals surface area contributed by atoms with Crippen LogP contribution in [0.2, 0.25) is 0 Å². The number of hydrogen-bond donors (Lipinski definition) is 1. The van der Waals surface area contributed by atoms with Gasteiger partial charge in [-0.1, -0.05) is 35.5 Å². The maximum atomic E-state index is 13.2. The second-order valence-electron chi connectivity index (χ2n) is 7.14. The first-order chi connectivity index (χ1) is 14.4. The summed E-state index contributed by atoms with van der Waals surface area (Å²) >= 11 is 2.64. The second kappa shape index (κ2) is 8.45. The number of thiophene rings is 1. The normalized spacial score (nSPS) is 11.0. The maximum Gasteiger partial charge on any atom is 0.276 e. The van der Waals surface area contributed by atoms with E-state index in [9.17, 15) is 9.59 Å². The van der Waals surface area contributed by atoms with Crippen molar-refractivity contribution in [2.24, 2.45) is 0 Å². The minimum absolute atomic E-state index is 0.111. The van der Waals surface area contributed by atoms with E-state index in [1.165, 1.54) is 23.1 Å². The molecule has 2 aromatic carbocycles. The van der Waals surface area contributed by atoms with Gasteiger partial charge in [-0.15, -0.1) is 11.3 Å². The molecule has 0 aliphatic heterocycles. The van der Waals surface area contributed by atoms with Gasteiger partial charge in [-0.3, -0.25) is 14.2 Å². The van der Waals surface area contributed by atoms with Crippen molar-refractivity contribution in [1.29, 1.82) is 0 Å². The molecule has 0 aliphatic carbocycles. The third-order valence-electron chi connectivity index (χ3n) is 4.87. The fraction of sp³-hybridized carbons (Fsp3) is 0.174. The average Bonchev–Trinajstić information content (AvgIpc) is 3.19. The van der Waals surface area contributed by atoms with Gasteiger partial charge >= 0.3 is 0 Å². The van der Waals surface area contributed by atoms with Gasteiger partial charge in [-0.2, -0.15) is 0 Å². The molecule has 0 radical (unpaired) electrons. The number of nitrogens with zero attached hydrogens (tertiary/aromatic N) is 2. The lowest BCUT2D eigenvalue weighted by Gasteiger charge is -2.13. The van der Waals surface area contributed by atoms with Crippen molar-refractivity contribution in [3.63, 3.8) is 0 Å². The first kappa shape index (κ1) is 20.4. The Morgan fingerprint density at radius 2 is 1.83 bits per heavy atom. The fourth-order valence-electron chi connectivity index (χ4n) is 3.05. The van der Waals surface area contributed by atoms with Crippen LogP contribution < -0.4 is 10.9 Å². The number of carbonyl (C=O) groups is 1. The van der Waals surface area contributed by atoms with E-state index in [0.29, 0.717) is 15.4 Å². The Kier molecular flexibility index (Phi) is 5.74. The molecule has 1 amide bonds. The molecule has 0 atom stereocenters. The molecule has 0 saturated carbocycles. The summed E-state index contributed by atoms with van der Waals surface area (Å²) in [5, 5.41) is 5.26. The highest BCUT2D eigenvalue weighted by atomic mass is 32.2. The van der Waals surface area contributed by atoms with E-state index in [1.54, 1.807) is 4.57 Å². The molecular formula is C23H21N3O2S2. The molecule has 0 fully saturated rings. The standard InChI is InChI=1S/C23H21N3O2S2/c1-14-4-7-17(8-5-14)24-20(27)13-30-23-25-19-10-11-29-21(19)22(28)26(23)18-9-6-15(2)16(3)12-18/h4-12H,13H2,1-3H3,(H,24,27). The number of rotatable bonds is 5. The predicted octanol–water partition coefficient (Wildman–Crippen LogP) is 5.10. The van der Waals surface area contributed by atoms with Gasteiger partial charge < -0.3 is 5.32 Å². The van der Waals surface area contributed by atoms with Crippen LogP contribution in [0.25, 0.3) is 15.9 Å². The molecule has 152 valence electrons. The molecule has 4 aromatic rings. The first-order valence-electron chi connectivity index (χ1n) is 9.49. The third kappa shape index (κ3) is 4.17. The van der Waals surface area contributed by atoms with Gasteiger partial charge in [0, 0.05) is 5.69 Å². The van der Waals surface area contributed by atoms with E-state index in [-0.39, 0.29) is 17.2 Å². The van der Waals surface area contributed by atoms with Crippen molar-refractivity contribution >= 4 is 44.9 Å². The molecule has 0 saturated heterocycles. The van der Waals surface area contributed by atoms with Crippen molar-refractivity contribution in [1.82, 2.24) is 9.55 Å². The van der Waals surface area contributed by atoms with Crippen molar-refractivity contribution in [3.05, 3.63) is 81.0 Å². The van der Waals surface area contributed by atoms with Gasteiger partial charge in [0.15, 0.2) is 5.16 Å². The molecule has 30 heavy (non-hydrogen) atoms. The van der Waals surface area contributed by atoms with Crippen molar-refractivity contribution in [2.75, 3.05) is 11.1 Å². The Morgan fingerprint density at radius 3 is 2.57 bits per heavy atom. The summed E-state index contributed by atoms with van der Waals surface area (Å²) in [5.74, 6) is 0.0102. The fourth-order valence-corrected chi connectivity index (χ4v) is 4.62. The summed E-state index contributed by atoms with van der Waals surface area (Å²) in [4.78, 5) is 30.3. The van der Waals surface area contributed by atoms with E-state index in [4.69, 9.17) is 0 Å². The number of anilines is 1. The third-order valence-corrected chi connectivity index (χ3v) is 6.70. The zero-order valence-corrected chi connectivity index (χ0v) is 18.6. The molecule has 2 heterocycles. The van der Waals surface area contributed by atoms with E-state index in [2.05, 4.69) is 10.3 Å². The smallest absolute Gasteiger partial charge is 0.276 e. The number of hydrogen-bond acceptors (Lipinski definition) is 5. The van der Waals surface area contributed by atoms with Crippen LogP contribution >= 0.6 is 23.1 Å². The summed E-state index contributed by atoms with van der Waals surface area (Å²) in [5.41, 5.74) is 5.44. The molecule has 5 nitrogen and oxygen atoms in total. The number of benzene rings is 2. The number of carbonyl (C=O) groups excluding carboxylic acids is 1. The summed E-state index contributed by atoms with van der Waals surface area (Å²) in [6.45, 7) is 6.05. The molecule has 0 spiro atoms. The molecule has 1 N–H and O–H groups in total. The van der Waals surface area contributed by atoms with Crippen LogP contribution in [0, 0.1) is 20.8 Å². The summed E-state index contributed by atoms with van der Waals surface area (Å²) in [6.07, 6.45) is 0. The number of aryl methyl sites for hydroxylation is 3. The van der Waals surface area contributed by atoms with Gasteiger partial charge in [0.1, 0.15) is 4.70 Å². The van der Waals surface area contributed by atoms with Crippen LogP contribution in [0.3, 0.4) is 0 Å². The number of fused-ring (bicyclic) bond motifs is 1. The minimum Gasteiger partial charge on any atom is -0.325 e. The Morgan fingerprint density at radius 1 is 1.07 bits per heavy atom. The highest BCUT2D eigenvalue weighted by Crippen LogP contribution is 2.25. The number of thioether (sulfide) groups is 1. The zero-order chi connectivity index (χ0) is 21.3. The molecule has 4 rings (SSSR count). The largest absolute Gasteiger partial charge is 0.325 e. The lowest BCUT2D eigenvalue weighted by atomic mass is 10.1. The molecule has 0 unspecified atom stereocenters. The van der Waals surface area contributed by atoms with Gasteiger partial charge in [0.05, 0.1) is 17.0 Å². The van der Waals surface area contributed by atoms with E-state index < -0.39 is 0 Å². The monoisotopic (exact) mass is 435 g/mol. The number of nitrogens with one attached hydrogen (secondary N) is 1. The van der Waals surface area contributed by atoms with Crippen LogP contribution in [0.5, 0.6) is 0 Å². The highest BCUT2D eigenvalue weighted by Gasteiger charge is 2.16. The van der Waals surface area contributed by atoms with Crippen LogP contribution in [0.4, 0.5) is 5.69 Å². The van der Waals surface area contributed by atoms with Crippen molar-refractivity contribution < 1.29 is 4.79 Å². The van der Waals surface area contributed by atoms with E-state index >= 15 is 0 Å². The van der Waals surface area contributed by atoms with Crippen LogP contribution in [-0.4, -0.2) is 21.2 Å². The van der Waals surface area contributed by atoms with Crippen LogP contribution in [0.15, 0.2) is 63.9 Å². The van der Waals surface area contributed by atoms with Gasteiger partial charge in [0.25, 0.3) is 5.56 Å². The average molecular weight is 436 g/mol. The predicted molar refractivity (Wildman–Crippen MR) is 125 cm³/mol. The van der Waals surface area contributed by atoms with Gasteiger partial charge in [0.2, 0.25) is 5.91 Å². The van der Waals surface area contributed by atoms with Crippen LogP contribution in [-0.2, 0) is 4.79 Å². The minimum atomic E-state index is -0.143. The Balaban J connectivity index is 1.65. The topological polar surface area (TPSA) is 64.0 Å². The molecule has 7 heteroatoms. The quantitative estimate of drug-likeness (QED) is 0.350. The molecule has 0 aliphatic rings. The lowest BCUT2D eigenvalue weighted by Crippen LogP contribution is -2.22. The lowest BCUT2D eigenvalue weighted by molar-refractivity contribution is -0.113. The number of amides is 1. The van der Waals surface area contributed by atoms with Crippen LogP contribution in [0.1, 0.15) is 16.7 Å². The molecular weight excluding hydrogens is 414 g/mol. The van der Waals surface area contributed by atoms with Gasteiger partial charge in [-0.05, 0) is 67.6 Å². The Bertz CT molecular complexity index is 1290. The Labute approximate surface area is 182 Å². The molecule has 2 aromatic heterocycles. The summed E-state index contributed by atoms with van der Waals surface area (Å²) < 4.78 is 2.22. The van der Waals surface area contributed by atoms with E-state index in [0.717, 1.165) is 28.1 Å². The van der Waals surface area contributed by atoms with E-state index in [1.807, 2.05) is 74.7 Å². The Hall–Kier alpha value is -2.90. The first-order valence-corrected chi connectivity index (χ1v) is 11.4. The summed E-state index contributed by atoms with van der Waals surface area (Å²) in [6, 6.07) is 15.4. The number of aromatic nitrogens is 2. The van der Waals surface area contributed by atoms with Crippen molar-refractivity contribution in [2.45, 2.75) is 25.9 Å².